The lowest BCUT2D eigenvalue weighted by atomic mass is 10.2. The van der Waals surface area contributed by atoms with E-state index in [9.17, 15) is 0 Å². The fourth-order valence-electron chi connectivity index (χ4n) is 1.14. The summed E-state index contributed by atoms with van der Waals surface area (Å²) in [7, 11) is 1.56. The molecule has 1 atom stereocenters. The fourth-order valence-corrected chi connectivity index (χ4v) is 2.13. The molecule has 0 aliphatic carbocycles. The number of nitrogens with two attached hydrogens (primary N) is 1. The Hall–Kier alpha value is -1.41. The molecule has 1 aromatic heterocycles. The molecule has 0 aliphatic heterocycles. The Morgan fingerprint density at radius 2 is 2.33 bits per heavy atom. The summed E-state index contributed by atoms with van der Waals surface area (Å²) in [6, 6.07) is 2.39. The van der Waals surface area contributed by atoms with E-state index in [0.717, 1.165) is 11.4 Å². The minimum atomic E-state index is 0.337. The van der Waals surface area contributed by atoms with Crippen molar-refractivity contribution in [3.05, 3.63) is 4.88 Å². The van der Waals surface area contributed by atoms with Crippen molar-refractivity contribution >= 4 is 22.0 Å². The largest absolute Gasteiger partial charge is 0.492 e. The van der Waals surface area contributed by atoms with Crippen molar-refractivity contribution in [1.29, 1.82) is 5.26 Å². The van der Waals surface area contributed by atoms with Crippen LogP contribution in [0.1, 0.15) is 25.1 Å². The fraction of sp³-hybridized carbons (Fsp3) is 0.500. The first kappa shape index (κ1) is 11.7. The molecule has 0 fully saturated rings. The van der Waals surface area contributed by atoms with Gasteiger partial charge in [-0.1, -0.05) is 6.92 Å². The zero-order chi connectivity index (χ0) is 11.4. The van der Waals surface area contributed by atoms with Gasteiger partial charge in [0.1, 0.15) is 21.6 Å². The molecule has 1 heterocycles. The minimum absolute atomic E-state index is 0.337. The maximum absolute atomic E-state index is 8.84. The van der Waals surface area contributed by atoms with Crippen LogP contribution in [0, 0.1) is 11.3 Å². The van der Waals surface area contributed by atoms with Gasteiger partial charge in [0, 0.05) is 6.04 Å². The standard InChI is InChI=1S/C10H15N3OS/c1-4-6(2)13-10-9(14-3)8(12)7(5-11)15-10/h6,13H,4,12H2,1-3H3. The van der Waals surface area contributed by atoms with E-state index in [1.54, 1.807) is 7.11 Å². The highest BCUT2D eigenvalue weighted by molar-refractivity contribution is 7.17. The lowest BCUT2D eigenvalue weighted by molar-refractivity contribution is 0.419. The van der Waals surface area contributed by atoms with Crippen molar-refractivity contribution < 1.29 is 4.74 Å². The zero-order valence-electron chi connectivity index (χ0n) is 9.13. The Morgan fingerprint density at radius 1 is 1.67 bits per heavy atom. The van der Waals surface area contributed by atoms with Crippen LogP contribution in [0.2, 0.25) is 0 Å². The molecule has 0 amide bonds. The molecule has 0 saturated heterocycles. The normalized spacial score (nSPS) is 11.9. The number of nitriles is 1. The van der Waals surface area contributed by atoms with Gasteiger partial charge in [0.25, 0.3) is 0 Å². The van der Waals surface area contributed by atoms with Crippen molar-refractivity contribution in [3.63, 3.8) is 0 Å². The number of nitrogens with zero attached hydrogens (tertiary/aromatic N) is 1. The lowest BCUT2D eigenvalue weighted by Gasteiger charge is -2.12. The quantitative estimate of drug-likeness (QED) is 0.825. The molecule has 1 unspecified atom stereocenters. The van der Waals surface area contributed by atoms with Gasteiger partial charge < -0.3 is 15.8 Å². The first-order chi connectivity index (χ1) is 7.13. The van der Waals surface area contributed by atoms with Gasteiger partial charge in [0.05, 0.1) is 7.11 Å². The van der Waals surface area contributed by atoms with Crippen LogP contribution < -0.4 is 15.8 Å². The van der Waals surface area contributed by atoms with Crippen LogP contribution in [0.15, 0.2) is 0 Å². The molecule has 82 valence electrons. The molecular weight excluding hydrogens is 210 g/mol. The monoisotopic (exact) mass is 225 g/mol. The summed E-state index contributed by atoms with van der Waals surface area (Å²) in [6.45, 7) is 4.16. The Kier molecular flexibility index (Phi) is 3.81. The highest BCUT2D eigenvalue weighted by Gasteiger charge is 2.17. The molecule has 3 N–H and O–H groups in total. The van der Waals surface area contributed by atoms with E-state index in [-0.39, 0.29) is 0 Å². The molecule has 0 radical (unpaired) electrons. The summed E-state index contributed by atoms with van der Waals surface area (Å²) < 4.78 is 5.18. The molecule has 4 nitrogen and oxygen atoms in total. The number of hydrogen-bond donors (Lipinski definition) is 2. The Morgan fingerprint density at radius 3 is 2.80 bits per heavy atom. The zero-order valence-corrected chi connectivity index (χ0v) is 9.94. The van der Waals surface area contributed by atoms with Gasteiger partial charge in [0.2, 0.25) is 0 Å². The number of thiophene rings is 1. The van der Waals surface area contributed by atoms with Crippen LogP contribution in [0.4, 0.5) is 10.7 Å². The minimum Gasteiger partial charge on any atom is -0.492 e. The molecule has 0 bridgehead atoms. The number of nitrogens with one attached hydrogen (secondary N) is 1. The molecule has 0 aromatic carbocycles. The van der Waals surface area contributed by atoms with Crippen LogP contribution >= 0.6 is 11.3 Å². The summed E-state index contributed by atoms with van der Waals surface area (Å²) in [5, 5.41) is 12.9. The SMILES string of the molecule is CCC(C)Nc1sc(C#N)c(N)c1OC. The summed E-state index contributed by atoms with van der Waals surface area (Å²) in [6.07, 6.45) is 1.00. The van der Waals surface area contributed by atoms with E-state index < -0.39 is 0 Å². The van der Waals surface area contributed by atoms with E-state index in [4.69, 9.17) is 15.7 Å². The second-order valence-electron chi connectivity index (χ2n) is 3.27. The molecule has 0 saturated carbocycles. The van der Waals surface area contributed by atoms with Crippen molar-refractivity contribution in [2.45, 2.75) is 26.3 Å². The van der Waals surface area contributed by atoms with Crippen LogP contribution in [-0.4, -0.2) is 13.2 Å². The first-order valence-corrected chi connectivity index (χ1v) is 5.58. The number of methoxy groups -OCH3 is 1. The highest BCUT2D eigenvalue weighted by atomic mass is 32.1. The Labute approximate surface area is 93.7 Å². The maximum atomic E-state index is 8.84. The topological polar surface area (TPSA) is 71.1 Å². The number of rotatable bonds is 4. The van der Waals surface area contributed by atoms with Gasteiger partial charge in [-0.25, -0.2) is 0 Å². The van der Waals surface area contributed by atoms with E-state index in [2.05, 4.69) is 25.2 Å². The van der Waals surface area contributed by atoms with E-state index in [1.807, 2.05) is 0 Å². The van der Waals surface area contributed by atoms with Crippen molar-refractivity contribution in [2.75, 3.05) is 18.2 Å². The Bertz CT molecular complexity index is 381. The van der Waals surface area contributed by atoms with Gasteiger partial charge in [-0.15, -0.1) is 11.3 Å². The highest BCUT2D eigenvalue weighted by Crippen LogP contribution is 2.42. The summed E-state index contributed by atoms with van der Waals surface area (Å²) in [5.41, 5.74) is 6.19. The molecular formula is C10H15N3OS. The number of hydrogen-bond acceptors (Lipinski definition) is 5. The number of anilines is 2. The average molecular weight is 225 g/mol. The van der Waals surface area contributed by atoms with Crippen LogP contribution in [-0.2, 0) is 0 Å². The van der Waals surface area contributed by atoms with Crippen LogP contribution in [0.25, 0.3) is 0 Å². The predicted molar refractivity (Wildman–Crippen MR) is 63.4 cm³/mol. The number of nitrogen functional groups attached to an aromatic ring is 1. The molecule has 0 spiro atoms. The lowest BCUT2D eigenvalue weighted by Crippen LogP contribution is -2.12. The molecule has 1 rings (SSSR count). The first-order valence-electron chi connectivity index (χ1n) is 4.76. The predicted octanol–water partition coefficient (Wildman–Crippen LogP) is 2.42. The van der Waals surface area contributed by atoms with Gasteiger partial charge in [-0.3, -0.25) is 0 Å². The summed E-state index contributed by atoms with van der Waals surface area (Å²) in [5.74, 6) is 0.580. The third-order valence-corrected chi connectivity index (χ3v) is 3.22. The third kappa shape index (κ3) is 2.34. The number of ether oxygens (including phenoxy) is 1. The summed E-state index contributed by atoms with van der Waals surface area (Å²) >= 11 is 1.33. The van der Waals surface area contributed by atoms with Crippen LogP contribution in [0.5, 0.6) is 5.75 Å². The average Bonchev–Trinajstić information content (AvgIpc) is 2.54. The third-order valence-electron chi connectivity index (χ3n) is 2.20. The second-order valence-corrected chi connectivity index (χ2v) is 4.29. The maximum Gasteiger partial charge on any atom is 0.177 e. The Balaban J connectivity index is 3.02. The smallest absolute Gasteiger partial charge is 0.177 e. The molecule has 5 heteroatoms. The van der Waals surface area contributed by atoms with Crippen molar-refractivity contribution in [1.82, 2.24) is 0 Å². The van der Waals surface area contributed by atoms with Gasteiger partial charge in [-0.05, 0) is 13.3 Å². The van der Waals surface area contributed by atoms with E-state index in [1.165, 1.54) is 11.3 Å². The molecule has 0 aliphatic rings. The van der Waals surface area contributed by atoms with Gasteiger partial charge in [0.15, 0.2) is 5.75 Å². The van der Waals surface area contributed by atoms with E-state index in [0.29, 0.717) is 22.4 Å². The molecule has 15 heavy (non-hydrogen) atoms. The van der Waals surface area contributed by atoms with Gasteiger partial charge >= 0.3 is 0 Å². The van der Waals surface area contributed by atoms with Crippen molar-refractivity contribution in [2.24, 2.45) is 0 Å². The summed E-state index contributed by atoms with van der Waals surface area (Å²) in [4.78, 5) is 0.498. The van der Waals surface area contributed by atoms with Crippen LogP contribution in [0.3, 0.4) is 0 Å². The molecule has 1 aromatic rings. The van der Waals surface area contributed by atoms with Gasteiger partial charge in [-0.2, -0.15) is 5.26 Å². The van der Waals surface area contributed by atoms with E-state index >= 15 is 0 Å². The van der Waals surface area contributed by atoms with Crippen molar-refractivity contribution in [3.8, 4) is 11.8 Å². The second kappa shape index (κ2) is 4.89.